The van der Waals surface area contributed by atoms with Gasteiger partial charge in [-0.3, -0.25) is 0 Å². The Morgan fingerprint density at radius 3 is 2.29 bits per heavy atom. The smallest absolute Gasteiger partial charge is 0.417 e. The van der Waals surface area contributed by atoms with Crippen molar-refractivity contribution in [3.8, 4) is 11.3 Å². The van der Waals surface area contributed by atoms with Gasteiger partial charge in [-0.05, 0) is 76.1 Å². The number of hydrogen-bond donors (Lipinski definition) is 2. The molecule has 1 aromatic carbocycles. The maximum atomic E-state index is 14.0. The predicted molar refractivity (Wildman–Crippen MR) is 121 cm³/mol. The minimum atomic E-state index is -4.92. The van der Waals surface area contributed by atoms with Crippen molar-refractivity contribution in [3.63, 3.8) is 0 Å². The molecule has 1 spiro atoms. The van der Waals surface area contributed by atoms with Crippen molar-refractivity contribution >= 4 is 16.0 Å². The average molecular weight is 499 g/mol. The van der Waals surface area contributed by atoms with Gasteiger partial charge in [0.15, 0.2) is 0 Å². The lowest BCUT2D eigenvalue weighted by Crippen LogP contribution is -2.41. The molecule has 2 fully saturated rings. The highest BCUT2D eigenvalue weighted by Gasteiger charge is 2.57. The third-order valence-corrected chi connectivity index (χ3v) is 8.71. The highest BCUT2D eigenvalue weighted by Crippen LogP contribution is 2.66. The van der Waals surface area contributed by atoms with E-state index in [0.717, 1.165) is 44.2 Å². The van der Waals surface area contributed by atoms with E-state index in [2.05, 4.69) is 4.72 Å². The summed E-state index contributed by atoms with van der Waals surface area (Å²) in [6, 6.07) is 4.52. The number of carbonyl (C=O) groups is 1. The monoisotopic (exact) mass is 498 g/mol. The number of nitrogens with one attached hydrogen (secondary N) is 1. The van der Waals surface area contributed by atoms with Gasteiger partial charge in [-0.1, -0.05) is 18.9 Å². The van der Waals surface area contributed by atoms with E-state index in [0.29, 0.717) is 11.4 Å². The fourth-order valence-corrected chi connectivity index (χ4v) is 7.00. The van der Waals surface area contributed by atoms with Gasteiger partial charge in [0.05, 0.1) is 16.0 Å². The second-order valence-corrected chi connectivity index (χ2v) is 12.2. The van der Waals surface area contributed by atoms with Gasteiger partial charge < -0.3 is 9.67 Å². The quantitative estimate of drug-likeness (QED) is 0.548. The van der Waals surface area contributed by atoms with Crippen molar-refractivity contribution in [2.75, 3.05) is 0 Å². The highest BCUT2D eigenvalue weighted by atomic mass is 32.2. The van der Waals surface area contributed by atoms with Gasteiger partial charge in [0.25, 0.3) is 0 Å². The number of carboxylic acid groups (broad SMARTS) is 1. The van der Waals surface area contributed by atoms with E-state index in [1.54, 1.807) is 27.7 Å². The van der Waals surface area contributed by atoms with Gasteiger partial charge in [-0.15, -0.1) is 0 Å². The lowest BCUT2D eigenvalue weighted by molar-refractivity contribution is -0.139. The van der Waals surface area contributed by atoms with Gasteiger partial charge in [0, 0.05) is 23.0 Å². The van der Waals surface area contributed by atoms with Gasteiger partial charge in [0.1, 0.15) is 0 Å². The fraction of sp³-hybridized carbons (Fsp3) is 0.542. The van der Waals surface area contributed by atoms with Crippen LogP contribution < -0.4 is 4.72 Å². The van der Waals surface area contributed by atoms with E-state index in [1.165, 1.54) is 12.1 Å². The van der Waals surface area contributed by atoms with Crippen molar-refractivity contribution in [3.05, 3.63) is 41.1 Å². The van der Waals surface area contributed by atoms with Crippen LogP contribution >= 0.6 is 0 Å². The molecule has 2 aliphatic rings. The molecule has 1 unspecified atom stereocenters. The van der Waals surface area contributed by atoms with Gasteiger partial charge in [-0.2, -0.15) is 13.2 Å². The zero-order chi connectivity index (χ0) is 25.3. The summed E-state index contributed by atoms with van der Waals surface area (Å²) in [5, 5.41) is 9.67. The van der Waals surface area contributed by atoms with Gasteiger partial charge in [-0.25, -0.2) is 17.9 Å². The third-order valence-electron chi connectivity index (χ3n) is 6.89. The minimum absolute atomic E-state index is 0.0263. The molecule has 4 rings (SSSR count). The molecule has 10 heteroatoms. The van der Waals surface area contributed by atoms with Crippen molar-refractivity contribution < 1.29 is 31.5 Å². The molecular weight excluding hydrogens is 469 g/mol. The molecule has 1 aromatic heterocycles. The minimum Gasteiger partial charge on any atom is -0.478 e. The number of hydrogen-bond acceptors (Lipinski definition) is 3. The number of rotatable bonds is 5. The van der Waals surface area contributed by atoms with Crippen LogP contribution in [0.4, 0.5) is 13.2 Å². The Morgan fingerprint density at radius 1 is 1.15 bits per heavy atom. The Bertz CT molecular complexity index is 1250. The fourth-order valence-electron chi connectivity index (χ4n) is 5.37. The Labute approximate surface area is 197 Å². The highest BCUT2D eigenvalue weighted by molar-refractivity contribution is 7.89. The summed E-state index contributed by atoms with van der Waals surface area (Å²) in [5.74, 6) is -1.15. The summed E-state index contributed by atoms with van der Waals surface area (Å²) in [6.07, 6.45) is 0.142. The molecule has 2 saturated carbocycles. The largest absolute Gasteiger partial charge is 0.478 e. The van der Waals surface area contributed by atoms with Crippen LogP contribution in [-0.4, -0.2) is 29.6 Å². The van der Waals surface area contributed by atoms with Crippen LogP contribution in [-0.2, 0) is 16.2 Å². The first kappa shape index (κ1) is 24.8. The van der Waals surface area contributed by atoms with Crippen LogP contribution in [0.2, 0.25) is 0 Å². The summed E-state index contributed by atoms with van der Waals surface area (Å²) < 4.78 is 71.8. The third kappa shape index (κ3) is 4.37. The number of aromatic carboxylic acids is 1. The number of alkyl halides is 3. The molecule has 2 aromatic rings. The standard InChI is InChI=1S/C24H29F3N2O4S/c1-14-16(21(30)31)12-18(29(14)20-13-23(20)9-5-6-10-23)15-7-8-19(17(11-15)24(25,26)27)34(32,33)28-22(2,3)4/h7-8,11-12,20,28H,5-6,9-10,13H2,1-4H3,(H,30,31). The summed E-state index contributed by atoms with van der Waals surface area (Å²) >= 11 is 0. The van der Waals surface area contributed by atoms with Crippen LogP contribution in [0.15, 0.2) is 29.2 Å². The topological polar surface area (TPSA) is 88.4 Å². The molecule has 1 heterocycles. The van der Waals surface area contributed by atoms with E-state index in [-0.39, 0.29) is 22.6 Å². The first-order valence-electron chi connectivity index (χ1n) is 11.3. The molecule has 0 amide bonds. The molecule has 0 radical (unpaired) electrons. The molecule has 0 saturated heterocycles. The Balaban J connectivity index is 1.87. The number of aromatic nitrogens is 1. The first-order valence-corrected chi connectivity index (χ1v) is 12.7. The van der Waals surface area contributed by atoms with Crippen LogP contribution in [0.25, 0.3) is 11.3 Å². The van der Waals surface area contributed by atoms with E-state index >= 15 is 0 Å². The van der Waals surface area contributed by atoms with Gasteiger partial charge in [0.2, 0.25) is 10.0 Å². The van der Waals surface area contributed by atoms with E-state index in [9.17, 15) is 31.5 Å². The van der Waals surface area contributed by atoms with Crippen LogP contribution in [0.5, 0.6) is 0 Å². The number of benzene rings is 1. The van der Waals surface area contributed by atoms with Gasteiger partial charge >= 0.3 is 12.1 Å². The summed E-state index contributed by atoms with van der Waals surface area (Å²) in [6.45, 7) is 6.31. The Kier molecular flexibility index (Phi) is 5.72. The molecule has 0 aliphatic heterocycles. The molecular formula is C24H29F3N2O4S. The predicted octanol–water partition coefficient (Wildman–Crippen LogP) is 5.76. The number of sulfonamides is 1. The zero-order valence-electron chi connectivity index (χ0n) is 19.6. The van der Waals surface area contributed by atoms with E-state index in [1.807, 2.05) is 4.57 Å². The molecule has 34 heavy (non-hydrogen) atoms. The summed E-state index contributed by atoms with van der Waals surface area (Å²) in [7, 11) is -4.45. The average Bonchev–Trinajstić information content (AvgIpc) is 3.01. The molecule has 2 N–H and O–H groups in total. The lowest BCUT2D eigenvalue weighted by Gasteiger charge is -2.23. The normalized spacial score (nSPS) is 20.1. The molecule has 6 nitrogen and oxygen atoms in total. The van der Waals surface area contributed by atoms with Crippen molar-refractivity contribution in [2.45, 2.75) is 82.5 Å². The van der Waals surface area contributed by atoms with Crippen molar-refractivity contribution in [1.82, 2.24) is 9.29 Å². The zero-order valence-corrected chi connectivity index (χ0v) is 20.4. The molecule has 186 valence electrons. The number of nitrogens with zero attached hydrogens (tertiary/aromatic N) is 1. The summed E-state index contributed by atoms with van der Waals surface area (Å²) in [4.78, 5) is 11.0. The number of carboxylic acids is 1. The molecule has 1 atom stereocenters. The van der Waals surface area contributed by atoms with Crippen molar-refractivity contribution in [1.29, 1.82) is 0 Å². The van der Waals surface area contributed by atoms with Crippen molar-refractivity contribution in [2.24, 2.45) is 5.41 Å². The SMILES string of the molecule is Cc1c(C(=O)O)cc(-c2ccc(S(=O)(=O)NC(C)(C)C)c(C(F)(F)F)c2)n1C1CC12CCCC2. The van der Waals surface area contributed by atoms with E-state index < -0.39 is 38.2 Å². The Hall–Kier alpha value is -2.33. The lowest BCUT2D eigenvalue weighted by atomic mass is 10.0. The van der Waals surface area contributed by atoms with Crippen LogP contribution in [0.1, 0.15) is 80.5 Å². The Morgan fingerprint density at radius 2 is 1.76 bits per heavy atom. The molecule has 0 bridgehead atoms. The molecule has 2 aliphatic carbocycles. The van der Waals surface area contributed by atoms with Crippen LogP contribution in [0, 0.1) is 12.3 Å². The second kappa shape index (κ2) is 7.84. The maximum Gasteiger partial charge on any atom is 0.417 e. The second-order valence-electron chi connectivity index (χ2n) is 10.6. The number of halogens is 3. The summed E-state index contributed by atoms with van der Waals surface area (Å²) in [5.41, 5.74) is -1.15. The van der Waals surface area contributed by atoms with E-state index in [4.69, 9.17) is 0 Å². The maximum absolute atomic E-state index is 14.0. The van der Waals surface area contributed by atoms with Crippen LogP contribution in [0.3, 0.4) is 0 Å². The first-order chi connectivity index (χ1) is 15.6.